The topological polar surface area (TPSA) is 97.1 Å². The Morgan fingerprint density at radius 3 is 2.68 bits per heavy atom. The molecule has 2 unspecified atom stereocenters. The molecule has 2 rings (SSSR count). The number of primary sulfonamides is 1. The molecule has 25 heavy (non-hydrogen) atoms. The first kappa shape index (κ1) is 21.1. The van der Waals surface area contributed by atoms with Crippen molar-refractivity contribution >= 4 is 33.1 Å². The van der Waals surface area contributed by atoms with Crippen molar-refractivity contribution < 1.29 is 27.4 Å². The molecule has 2 atom stereocenters. The summed E-state index contributed by atoms with van der Waals surface area (Å²) in [5.74, 6) is 0. The Labute approximate surface area is 157 Å². The minimum atomic E-state index is -3.71. The fourth-order valence-electron chi connectivity index (χ4n) is 2.51. The molecular weight excluding hydrogens is 386 g/mol. The highest BCUT2D eigenvalue weighted by Crippen LogP contribution is 2.48. The number of rotatable bonds is 11. The summed E-state index contributed by atoms with van der Waals surface area (Å²) in [4.78, 5) is 0. The fraction of sp³-hybridized carbons (Fsp3) is 0.733. The average Bonchev–Trinajstić information content (AvgIpc) is 2.99. The maximum Gasteiger partial charge on any atom is 0.247 e. The van der Waals surface area contributed by atoms with E-state index in [2.05, 4.69) is 0 Å². The van der Waals surface area contributed by atoms with E-state index in [9.17, 15) is 8.42 Å². The Bertz CT molecular complexity index is 633. The van der Waals surface area contributed by atoms with Gasteiger partial charge in [0.25, 0.3) is 0 Å². The monoisotopic (exact) mass is 411 g/mol. The first-order valence-electron chi connectivity index (χ1n) is 7.96. The molecular formula is C15H25NO6S3. The highest BCUT2D eigenvalue weighted by atomic mass is 32.3. The predicted octanol–water partition coefficient (Wildman–Crippen LogP) is 2.36. The molecule has 0 radical (unpaired) electrons. The Morgan fingerprint density at radius 2 is 2.00 bits per heavy atom. The summed E-state index contributed by atoms with van der Waals surface area (Å²) < 4.78 is 45.8. The molecule has 0 saturated heterocycles. The number of sulfonamides is 1. The third-order valence-corrected chi connectivity index (χ3v) is 7.85. The van der Waals surface area contributed by atoms with E-state index in [1.54, 1.807) is 32.0 Å². The van der Waals surface area contributed by atoms with Crippen molar-refractivity contribution in [2.75, 3.05) is 40.8 Å². The van der Waals surface area contributed by atoms with Gasteiger partial charge in [0.1, 0.15) is 11.0 Å². The molecule has 0 bridgehead atoms. The number of thiophene rings is 1. The maximum absolute atomic E-state index is 11.7. The Kier molecular flexibility index (Phi) is 8.62. The lowest BCUT2D eigenvalue weighted by atomic mass is 10.0. The number of ether oxygens (including phenoxy) is 4. The van der Waals surface area contributed by atoms with Crippen LogP contribution in [-0.4, -0.2) is 54.5 Å². The number of hydrogen-bond acceptors (Lipinski definition) is 8. The Hall–Kier alpha value is -0.200. The molecule has 0 amide bonds. The van der Waals surface area contributed by atoms with E-state index >= 15 is 0 Å². The van der Waals surface area contributed by atoms with Crippen molar-refractivity contribution in [1.29, 1.82) is 0 Å². The number of hydrogen-bond donors (Lipinski definition) is 1. The molecule has 10 heteroatoms. The molecule has 7 nitrogen and oxygen atoms in total. The first-order chi connectivity index (χ1) is 12.0. The first-order valence-corrected chi connectivity index (χ1v) is 11.2. The second-order valence-electron chi connectivity index (χ2n) is 5.64. The van der Waals surface area contributed by atoms with Gasteiger partial charge in [-0.05, 0) is 25.3 Å². The lowest BCUT2D eigenvalue weighted by molar-refractivity contribution is -0.102. The molecule has 1 aliphatic heterocycles. The van der Waals surface area contributed by atoms with Crippen LogP contribution in [0, 0.1) is 0 Å². The van der Waals surface area contributed by atoms with Crippen LogP contribution in [0.3, 0.4) is 0 Å². The summed E-state index contributed by atoms with van der Waals surface area (Å²) in [7, 11) is -0.411. The van der Waals surface area contributed by atoms with Crippen LogP contribution in [0.4, 0.5) is 0 Å². The van der Waals surface area contributed by atoms with Crippen molar-refractivity contribution in [2.24, 2.45) is 5.14 Å². The summed E-state index contributed by atoms with van der Waals surface area (Å²) in [5, 5.41) is 5.63. The van der Waals surface area contributed by atoms with Gasteiger partial charge in [0.15, 0.2) is 0 Å². The minimum absolute atomic E-state index is 0.142. The molecule has 0 fully saturated rings. The van der Waals surface area contributed by atoms with Crippen LogP contribution in [0.2, 0.25) is 0 Å². The number of thioether (sulfide) groups is 1. The van der Waals surface area contributed by atoms with Gasteiger partial charge < -0.3 is 18.9 Å². The SMILES string of the molecule is COCCCC1CC(OCOCCOC)c2cc(S(N)(=O)=O)sc2S1. The Morgan fingerprint density at radius 1 is 1.24 bits per heavy atom. The van der Waals surface area contributed by atoms with Crippen LogP contribution in [0.25, 0.3) is 0 Å². The highest BCUT2D eigenvalue weighted by molar-refractivity contribution is 8.02. The van der Waals surface area contributed by atoms with Crippen LogP contribution >= 0.6 is 23.1 Å². The van der Waals surface area contributed by atoms with Gasteiger partial charge >= 0.3 is 0 Å². The second-order valence-corrected chi connectivity index (χ2v) is 10.0. The summed E-state index contributed by atoms with van der Waals surface area (Å²) in [6, 6.07) is 1.63. The van der Waals surface area contributed by atoms with E-state index in [-0.39, 0.29) is 17.1 Å². The van der Waals surface area contributed by atoms with E-state index in [0.29, 0.717) is 25.1 Å². The summed E-state index contributed by atoms with van der Waals surface area (Å²) in [5.41, 5.74) is 0.886. The van der Waals surface area contributed by atoms with E-state index in [1.807, 2.05) is 0 Å². The second kappa shape index (κ2) is 10.2. The molecule has 144 valence electrons. The molecule has 0 aromatic carbocycles. The van der Waals surface area contributed by atoms with Crippen LogP contribution in [0.15, 0.2) is 14.5 Å². The van der Waals surface area contributed by atoms with Crippen molar-refractivity contribution in [1.82, 2.24) is 0 Å². The molecule has 1 aromatic rings. The highest BCUT2D eigenvalue weighted by Gasteiger charge is 2.32. The largest absolute Gasteiger partial charge is 0.385 e. The quantitative estimate of drug-likeness (QED) is 0.441. The minimum Gasteiger partial charge on any atom is -0.385 e. The lowest BCUT2D eigenvalue weighted by Crippen LogP contribution is -2.19. The van der Waals surface area contributed by atoms with Gasteiger partial charge in [0.05, 0.1) is 23.5 Å². The van der Waals surface area contributed by atoms with Crippen LogP contribution in [0.1, 0.15) is 30.9 Å². The van der Waals surface area contributed by atoms with Crippen molar-refractivity contribution in [3.63, 3.8) is 0 Å². The average molecular weight is 412 g/mol. The van der Waals surface area contributed by atoms with Gasteiger partial charge in [-0.25, -0.2) is 13.6 Å². The van der Waals surface area contributed by atoms with Crippen LogP contribution in [0.5, 0.6) is 0 Å². The van der Waals surface area contributed by atoms with Crippen LogP contribution in [-0.2, 0) is 29.0 Å². The molecule has 0 spiro atoms. The standard InChI is InChI=1S/C15H25NO6S3/c1-19-5-3-4-11-8-13(22-10-21-7-6-20-2)12-9-14(25(16,17)18)24-15(12)23-11/h9,11,13H,3-8,10H2,1-2H3,(H2,16,17,18). The third kappa shape index (κ3) is 6.47. The van der Waals surface area contributed by atoms with Gasteiger partial charge in [-0.15, -0.1) is 23.1 Å². The van der Waals surface area contributed by atoms with Crippen molar-refractivity contribution in [2.45, 2.75) is 39.0 Å². The fourth-order valence-corrected chi connectivity index (χ4v) is 6.40. The lowest BCUT2D eigenvalue weighted by Gasteiger charge is -2.28. The number of methoxy groups -OCH3 is 2. The zero-order valence-corrected chi connectivity index (χ0v) is 16.9. The zero-order valence-electron chi connectivity index (χ0n) is 14.4. The molecule has 1 aliphatic rings. The summed E-state index contributed by atoms with van der Waals surface area (Å²) in [6.45, 7) is 1.81. The molecule has 0 aliphatic carbocycles. The summed E-state index contributed by atoms with van der Waals surface area (Å²) >= 11 is 2.91. The van der Waals surface area contributed by atoms with Crippen molar-refractivity contribution in [3.05, 3.63) is 11.6 Å². The smallest absolute Gasteiger partial charge is 0.247 e. The van der Waals surface area contributed by atoms with Gasteiger partial charge in [-0.2, -0.15) is 0 Å². The summed E-state index contributed by atoms with van der Waals surface area (Å²) in [6.07, 6.45) is 2.53. The number of fused-ring (bicyclic) bond motifs is 1. The van der Waals surface area contributed by atoms with E-state index in [4.69, 9.17) is 24.1 Å². The normalized spacial score (nSPS) is 20.6. The molecule has 1 aromatic heterocycles. The van der Waals surface area contributed by atoms with Gasteiger partial charge in [0.2, 0.25) is 10.0 Å². The maximum atomic E-state index is 11.7. The van der Waals surface area contributed by atoms with Gasteiger partial charge in [-0.3, -0.25) is 0 Å². The predicted molar refractivity (Wildman–Crippen MR) is 97.6 cm³/mol. The van der Waals surface area contributed by atoms with E-state index < -0.39 is 10.0 Å². The third-order valence-electron chi connectivity index (χ3n) is 3.74. The van der Waals surface area contributed by atoms with E-state index in [1.165, 1.54) is 11.3 Å². The van der Waals surface area contributed by atoms with E-state index in [0.717, 1.165) is 29.0 Å². The zero-order chi connectivity index (χ0) is 18.3. The van der Waals surface area contributed by atoms with Crippen molar-refractivity contribution in [3.8, 4) is 0 Å². The molecule has 0 saturated carbocycles. The molecule has 2 heterocycles. The van der Waals surface area contributed by atoms with Gasteiger partial charge in [-0.1, -0.05) is 0 Å². The molecule has 2 N–H and O–H groups in total. The number of nitrogens with two attached hydrogens (primary N) is 1. The van der Waals surface area contributed by atoms with Gasteiger partial charge in [0, 0.05) is 31.6 Å². The van der Waals surface area contributed by atoms with Crippen LogP contribution < -0.4 is 5.14 Å². The Balaban J connectivity index is 2.06.